The third-order valence-electron chi connectivity index (χ3n) is 5.73. The molecule has 1 aromatic carbocycles. The number of anilines is 1. The van der Waals surface area contributed by atoms with Crippen LogP contribution in [0, 0.1) is 6.92 Å². The van der Waals surface area contributed by atoms with Crippen LogP contribution in [0.3, 0.4) is 0 Å². The highest BCUT2D eigenvalue weighted by Crippen LogP contribution is 2.27. The zero-order valence-electron chi connectivity index (χ0n) is 16.5. The highest BCUT2D eigenvalue weighted by molar-refractivity contribution is 5.96. The molecule has 3 heterocycles. The maximum absolute atomic E-state index is 12.9. The number of piperidine rings is 1. The number of nitrogens with zero attached hydrogens (tertiary/aromatic N) is 4. The van der Waals surface area contributed by atoms with Crippen molar-refractivity contribution < 1.29 is 9.59 Å². The molecular weight excluding hydrogens is 354 g/mol. The van der Waals surface area contributed by atoms with Gasteiger partial charge in [-0.25, -0.2) is 0 Å². The number of fused-ring (bicyclic) bond motifs is 1. The smallest absolute Gasteiger partial charge is 0.272 e. The lowest BCUT2D eigenvalue weighted by Crippen LogP contribution is -2.50. The van der Waals surface area contributed by atoms with E-state index < -0.39 is 0 Å². The number of rotatable bonds is 4. The summed E-state index contributed by atoms with van der Waals surface area (Å²) in [6.45, 7) is 4.65. The normalized spacial score (nSPS) is 19.5. The number of benzene rings is 1. The third-order valence-corrected chi connectivity index (χ3v) is 5.73. The van der Waals surface area contributed by atoms with Gasteiger partial charge in [-0.05, 0) is 50.4 Å². The van der Waals surface area contributed by atoms with Gasteiger partial charge in [0.2, 0.25) is 5.91 Å². The van der Waals surface area contributed by atoms with Gasteiger partial charge in [0.15, 0.2) is 0 Å². The molecule has 0 saturated carbocycles. The first-order valence-corrected chi connectivity index (χ1v) is 9.93. The number of carbonyl (C=O) groups excluding carboxylic acids is 2. The van der Waals surface area contributed by atoms with Gasteiger partial charge in [0.05, 0.1) is 6.54 Å². The predicted molar refractivity (Wildman–Crippen MR) is 107 cm³/mol. The molecule has 148 valence electrons. The zero-order chi connectivity index (χ0) is 19.7. The number of hydrogen-bond donors (Lipinski definition) is 1. The van der Waals surface area contributed by atoms with Crippen molar-refractivity contribution in [3.05, 3.63) is 47.3 Å². The molecule has 7 nitrogen and oxygen atoms in total. The van der Waals surface area contributed by atoms with E-state index in [1.165, 1.54) is 5.56 Å². The Labute approximate surface area is 165 Å². The highest BCUT2D eigenvalue weighted by Gasteiger charge is 2.28. The van der Waals surface area contributed by atoms with Crippen molar-refractivity contribution in [1.29, 1.82) is 0 Å². The SMILES string of the molecule is Cc1cc(C(=O)NC2CCCN(CC(=O)N3CCc4ccccc43)C2)nn1C. The molecule has 1 fully saturated rings. The lowest BCUT2D eigenvalue weighted by molar-refractivity contribution is -0.119. The van der Waals surface area contributed by atoms with E-state index in [2.05, 4.69) is 21.4 Å². The van der Waals surface area contributed by atoms with Crippen LogP contribution in [0.2, 0.25) is 0 Å². The summed E-state index contributed by atoms with van der Waals surface area (Å²) in [5, 5.41) is 7.33. The molecule has 4 rings (SSSR count). The number of para-hydroxylation sites is 1. The average Bonchev–Trinajstić information content (AvgIpc) is 3.26. The van der Waals surface area contributed by atoms with Gasteiger partial charge >= 0.3 is 0 Å². The van der Waals surface area contributed by atoms with Gasteiger partial charge in [0.1, 0.15) is 5.69 Å². The second kappa shape index (κ2) is 7.75. The van der Waals surface area contributed by atoms with Crippen LogP contribution in [0.15, 0.2) is 30.3 Å². The number of likely N-dealkylation sites (tertiary alicyclic amines) is 1. The molecule has 0 spiro atoms. The Balaban J connectivity index is 1.34. The summed E-state index contributed by atoms with van der Waals surface area (Å²) in [6.07, 6.45) is 2.81. The number of carbonyl (C=O) groups is 2. The first-order chi connectivity index (χ1) is 13.5. The fourth-order valence-electron chi connectivity index (χ4n) is 4.12. The van der Waals surface area contributed by atoms with E-state index >= 15 is 0 Å². The minimum Gasteiger partial charge on any atom is -0.347 e. The van der Waals surface area contributed by atoms with E-state index in [-0.39, 0.29) is 17.9 Å². The van der Waals surface area contributed by atoms with Crippen molar-refractivity contribution in [2.24, 2.45) is 7.05 Å². The Bertz CT molecular complexity index is 871. The van der Waals surface area contributed by atoms with Crippen LogP contribution in [-0.2, 0) is 18.3 Å². The van der Waals surface area contributed by atoms with Crippen LogP contribution in [0.1, 0.15) is 34.6 Å². The number of aromatic nitrogens is 2. The van der Waals surface area contributed by atoms with Gasteiger partial charge in [-0.15, -0.1) is 0 Å². The molecular formula is C21H27N5O2. The van der Waals surface area contributed by atoms with Crippen LogP contribution in [-0.4, -0.2) is 58.7 Å². The Morgan fingerprint density at radius 3 is 2.86 bits per heavy atom. The first-order valence-electron chi connectivity index (χ1n) is 9.93. The summed E-state index contributed by atoms with van der Waals surface area (Å²) < 4.78 is 1.70. The van der Waals surface area contributed by atoms with Crippen LogP contribution in [0.4, 0.5) is 5.69 Å². The monoisotopic (exact) mass is 381 g/mol. The quantitative estimate of drug-likeness (QED) is 0.872. The topological polar surface area (TPSA) is 70.5 Å². The molecule has 1 atom stereocenters. The van der Waals surface area contributed by atoms with Crippen molar-refractivity contribution in [2.75, 3.05) is 31.1 Å². The summed E-state index contributed by atoms with van der Waals surface area (Å²) >= 11 is 0. The summed E-state index contributed by atoms with van der Waals surface area (Å²) in [4.78, 5) is 29.4. The van der Waals surface area contributed by atoms with Crippen LogP contribution in [0.25, 0.3) is 0 Å². The summed E-state index contributed by atoms with van der Waals surface area (Å²) in [5.41, 5.74) is 3.68. The van der Waals surface area contributed by atoms with Gasteiger partial charge in [0.25, 0.3) is 5.91 Å². The van der Waals surface area contributed by atoms with Crippen LogP contribution < -0.4 is 10.2 Å². The van der Waals surface area contributed by atoms with Crippen LogP contribution in [0.5, 0.6) is 0 Å². The second-order valence-corrected chi connectivity index (χ2v) is 7.77. The molecule has 1 saturated heterocycles. The van der Waals surface area contributed by atoms with E-state index in [0.717, 1.165) is 43.7 Å². The van der Waals surface area contributed by atoms with Gasteiger partial charge in [-0.1, -0.05) is 18.2 Å². The molecule has 0 bridgehead atoms. The Morgan fingerprint density at radius 1 is 1.25 bits per heavy atom. The van der Waals surface area contributed by atoms with E-state index in [0.29, 0.717) is 18.8 Å². The van der Waals surface area contributed by atoms with Crippen molar-refractivity contribution in [1.82, 2.24) is 20.0 Å². The summed E-state index contributed by atoms with van der Waals surface area (Å²) in [7, 11) is 1.83. The molecule has 28 heavy (non-hydrogen) atoms. The van der Waals surface area contributed by atoms with Gasteiger partial charge in [-0.3, -0.25) is 19.2 Å². The molecule has 2 aliphatic heterocycles. The Kier molecular flexibility index (Phi) is 5.17. The fraction of sp³-hybridized carbons (Fsp3) is 0.476. The number of hydrogen-bond acceptors (Lipinski definition) is 4. The van der Waals surface area contributed by atoms with E-state index in [4.69, 9.17) is 0 Å². The largest absolute Gasteiger partial charge is 0.347 e. The minimum absolute atomic E-state index is 0.0437. The summed E-state index contributed by atoms with van der Waals surface area (Å²) in [5.74, 6) is -0.00683. The summed E-state index contributed by atoms with van der Waals surface area (Å²) in [6, 6.07) is 9.96. The van der Waals surface area contributed by atoms with Crippen molar-refractivity contribution >= 4 is 17.5 Å². The number of nitrogens with one attached hydrogen (secondary N) is 1. The average molecular weight is 381 g/mol. The fourth-order valence-corrected chi connectivity index (χ4v) is 4.12. The molecule has 7 heteroatoms. The molecule has 1 N–H and O–H groups in total. The molecule has 1 unspecified atom stereocenters. The zero-order valence-corrected chi connectivity index (χ0v) is 16.5. The molecule has 2 aliphatic rings. The molecule has 1 aromatic heterocycles. The predicted octanol–water partition coefficient (Wildman–Crippen LogP) is 1.51. The van der Waals surface area contributed by atoms with E-state index in [1.54, 1.807) is 10.7 Å². The van der Waals surface area contributed by atoms with Gasteiger partial charge in [-0.2, -0.15) is 5.10 Å². The molecule has 0 aliphatic carbocycles. The highest BCUT2D eigenvalue weighted by atomic mass is 16.2. The van der Waals surface area contributed by atoms with Crippen LogP contribution >= 0.6 is 0 Å². The number of aryl methyl sites for hydroxylation is 2. The minimum atomic E-state index is -0.143. The van der Waals surface area contributed by atoms with E-state index in [9.17, 15) is 9.59 Å². The number of amides is 2. The lowest BCUT2D eigenvalue weighted by atomic mass is 10.1. The molecule has 0 radical (unpaired) electrons. The molecule has 2 aromatic rings. The molecule has 2 amide bonds. The van der Waals surface area contributed by atoms with Gasteiger partial charge < -0.3 is 10.2 Å². The van der Waals surface area contributed by atoms with Crippen molar-refractivity contribution in [3.63, 3.8) is 0 Å². The van der Waals surface area contributed by atoms with Crippen molar-refractivity contribution in [2.45, 2.75) is 32.2 Å². The maximum atomic E-state index is 12.9. The lowest BCUT2D eigenvalue weighted by Gasteiger charge is -2.33. The third kappa shape index (κ3) is 3.80. The van der Waals surface area contributed by atoms with Crippen molar-refractivity contribution in [3.8, 4) is 0 Å². The Hall–Kier alpha value is -2.67. The van der Waals surface area contributed by atoms with E-state index in [1.807, 2.05) is 37.1 Å². The first kappa shape index (κ1) is 18.7. The second-order valence-electron chi connectivity index (χ2n) is 7.77. The Morgan fingerprint density at radius 2 is 2.07 bits per heavy atom. The van der Waals surface area contributed by atoms with Gasteiger partial charge in [0, 0.05) is 37.6 Å². The maximum Gasteiger partial charge on any atom is 0.272 e. The standard InChI is InChI=1S/C21H27N5O2/c1-15-12-18(23-24(15)2)21(28)22-17-7-5-10-25(13-17)14-20(27)26-11-9-16-6-3-4-8-19(16)26/h3-4,6,8,12,17H,5,7,9-11,13-14H2,1-2H3,(H,22,28).